The number of aryl methyl sites for hydroxylation is 1. The molecule has 1 amide bonds. The standard InChI is InChI=1S/C28H26ClFN6O4/c1-34-25(6-7-32-34)33-24-10-20(21(29)12-31-24)17-9-22-26(37)36(28(11-23(28)39-2)15-35(22)13-17)14-16-8-18(30)4-5-19(16)27(38)40-3/h4-10,12-13,23H,11,14-15H2,1-3H3,(H,31,33)/t23-,28?/m1/s1. The van der Waals surface area contributed by atoms with E-state index in [1.54, 1.807) is 35.2 Å². The van der Waals surface area contributed by atoms with Gasteiger partial charge in [0.1, 0.15) is 23.1 Å². The predicted octanol–water partition coefficient (Wildman–Crippen LogP) is 4.42. The number of ether oxygens (including phenoxy) is 2. The second kappa shape index (κ2) is 9.76. The van der Waals surface area contributed by atoms with E-state index < -0.39 is 17.3 Å². The van der Waals surface area contributed by atoms with E-state index in [0.29, 0.717) is 40.6 Å². The minimum absolute atomic E-state index is 0.0240. The summed E-state index contributed by atoms with van der Waals surface area (Å²) in [6.45, 7) is 0.495. The first-order chi connectivity index (χ1) is 19.2. The van der Waals surface area contributed by atoms with Crippen LogP contribution in [0.1, 0.15) is 32.8 Å². The van der Waals surface area contributed by atoms with Crippen molar-refractivity contribution in [3.05, 3.63) is 82.6 Å². The molecule has 0 saturated heterocycles. The number of amides is 1. The van der Waals surface area contributed by atoms with Crippen molar-refractivity contribution in [1.29, 1.82) is 0 Å². The fourth-order valence-electron chi connectivity index (χ4n) is 5.46. The zero-order chi connectivity index (χ0) is 28.2. The van der Waals surface area contributed by atoms with Gasteiger partial charge in [0.25, 0.3) is 5.91 Å². The summed E-state index contributed by atoms with van der Waals surface area (Å²) in [7, 11) is 4.69. The number of rotatable bonds is 7. The summed E-state index contributed by atoms with van der Waals surface area (Å²) < 4.78 is 28.4. The number of pyridine rings is 1. The number of nitrogens with zero attached hydrogens (tertiary/aromatic N) is 5. The minimum Gasteiger partial charge on any atom is -0.465 e. The van der Waals surface area contributed by atoms with Gasteiger partial charge in [-0.25, -0.2) is 14.2 Å². The summed E-state index contributed by atoms with van der Waals surface area (Å²) >= 11 is 6.56. The monoisotopic (exact) mass is 564 g/mol. The molecule has 2 atom stereocenters. The summed E-state index contributed by atoms with van der Waals surface area (Å²) in [4.78, 5) is 32.5. The molecule has 1 unspecified atom stereocenters. The number of esters is 1. The van der Waals surface area contributed by atoms with Gasteiger partial charge in [-0.3, -0.25) is 9.48 Å². The van der Waals surface area contributed by atoms with Crippen LogP contribution in [-0.4, -0.2) is 62.0 Å². The van der Waals surface area contributed by atoms with Crippen LogP contribution in [0.15, 0.2) is 55.0 Å². The van der Waals surface area contributed by atoms with Gasteiger partial charge in [0.15, 0.2) is 0 Å². The zero-order valence-corrected chi connectivity index (χ0v) is 22.8. The first-order valence-electron chi connectivity index (χ1n) is 12.6. The summed E-state index contributed by atoms with van der Waals surface area (Å²) in [5.41, 5.74) is 1.84. The smallest absolute Gasteiger partial charge is 0.338 e. The Morgan fingerprint density at radius 1 is 1.25 bits per heavy atom. The van der Waals surface area contributed by atoms with E-state index in [1.165, 1.54) is 25.3 Å². The van der Waals surface area contributed by atoms with Crippen LogP contribution in [0.3, 0.4) is 0 Å². The SMILES string of the molecule is COC(=O)c1ccc(F)cc1CN1C(=O)c2cc(-c3cc(Nc4ccnn4C)ncc3Cl)cn2CC12C[C@H]2OC. The van der Waals surface area contributed by atoms with E-state index in [4.69, 9.17) is 21.1 Å². The van der Waals surface area contributed by atoms with Crippen LogP contribution in [0.4, 0.5) is 16.0 Å². The molecular weight excluding hydrogens is 539 g/mol. The molecule has 1 fully saturated rings. The molecule has 1 N–H and O–H groups in total. The van der Waals surface area contributed by atoms with Gasteiger partial charge < -0.3 is 24.3 Å². The molecular formula is C28H26ClFN6O4. The average Bonchev–Trinajstić information content (AvgIpc) is 3.21. The lowest BCUT2D eigenvalue weighted by atomic mass is 10.0. The Labute approximate surface area is 234 Å². The van der Waals surface area contributed by atoms with E-state index in [9.17, 15) is 14.0 Å². The van der Waals surface area contributed by atoms with E-state index in [0.717, 1.165) is 11.4 Å². The van der Waals surface area contributed by atoms with Crippen molar-refractivity contribution in [3.8, 4) is 11.1 Å². The number of nitrogens with one attached hydrogen (secondary N) is 1. The van der Waals surface area contributed by atoms with E-state index in [1.807, 2.05) is 29.9 Å². The Bertz CT molecular complexity index is 1650. The largest absolute Gasteiger partial charge is 0.465 e. The van der Waals surface area contributed by atoms with E-state index in [2.05, 4.69) is 15.4 Å². The normalized spacial score (nSPS) is 19.6. The highest BCUT2D eigenvalue weighted by Gasteiger charge is 2.63. The Hall–Kier alpha value is -4.22. The Morgan fingerprint density at radius 3 is 2.77 bits per heavy atom. The van der Waals surface area contributed by atoms with Crippen molar-refractivity contribution in [1.82, 2.24) is 24.2 Å². The second-order valence-electron chi connectivity index (χ2n) is 9.97. The maximum Gasteiger partial charge on any atom is 0.338 e. The molecule has 1 saturated carbocycles. The highest BCUT2D eigenvalue weighted by Crippen LogP contribution is 2.50. The van der Waals surface area contributed by atoms with Crippen LogP contribution < -0.4 is 5.32 Å². The summed E-state index contributed by atoms with van der Waals surface area (Å²) in [6, 6.07) is 9.27. The number of hydrogen-bond donors (Lipinski definition) is 1. The molecule has 6 rings (SSSR count). The van der Waals surface area contributed by atoms with Gasteiger partial charge in [-0.2, -0.15) is 5.10 Å². The number of aromatic nitrogens is 4. The Kier molecular flexibility index (Phi) is 6.35. The third-order valence-corrected chi connectivity index (χ3v) is 7.95. The van der Waals surface area contributed by atoms with Gasteiger partial charge in [-0.1, -0.05) is 11.6 Å². The Morgan fingerprint density at radius 2 is 2.08 bits per heavy atom. The summed E-state index contributed by atoms with van der Waals surface area (Å²) in [6.07, 6.45) is 5.54. The predicted molar refractivity (Wildman–Crippen MR) is 145 cm³/mol. The molecule has 10 nitrogen and oxygen atoms in total. The lowest BCUT2D eigenvalue weighted by Crippen LogP contribution is -2.51. The molecule has 1 aliphatic heterocycles. The molecule has 206 valence electrons. The lowest BCUT2D eigenvalue weighted by molar-refractivity contribution is 0.0358. The van der Waals surface area contributed by atoms with Gasteiger partial charge >= 0.3 is 5.97 Å². The molecule has 1 aromatic carbocycles. The lowest BCUT2D eigenvalue weighted by Gasteiger charge is -2.38. The number of carbonyl (C=O) groups excluding carboxylic acids is 2. The van der Waals surface area contributed by atoms with Gasteiger partial charge in [0, 0.05) is 63.3 Å². The van der Waals surface area contributed by atoms with Gasteiger partial charge in [-0.05, 0) is 35.9 Å². The number of methoxy groups -OCH3 is 2. The highest BCUT2D eigenvalue weighted by molar-refractivity contribution is 6.33. The highest BCUT2D eigenvalue weighted by atomic mass is 35.5. The zero-order valence-electron chi connectivity index (χ0n) is 22.0. The molecule has 0 radical (unpaired) electrons. The van der Waals surface area contributed by atoms with Gasteiger partial charge in [0.05, 0.1) is 35.5 Å². The summed E-state index contributed by atoms with van der Waals surface area (Å²) in [5.74, 6) is -0.0298. The van der Waals surface area contributed by atoms with Crippen LogP contribution in [0.5, 0.6) is 0 Å². The van der Waals surface area contributed by atoms with Crippen LogP contribution in [0.25, 0.3) is 11.1 Å². The van der Waals surface area contributed by atoms with Gasteiger partial charge in [-0.15, -0.1) is 0 Å². The van der Waals surface area contributed by atoms with Gasteiger partial charge in [0.2, 0.25) is 0 Å². The first-order valence-corrected chi connectivity index (χ1v) is 12.9. The molecule has 1 aliphatic carbocycles. The van der Waals surface area contributed by atoms with E-state index in [-0.39, 0.29) is 24.1 Å². The van der Waals surface area contributed by atoms with Crippen molar-refractivity contribution in [2.45, 2.75) is 31.2 Å². The maximum atomic E-state index is 14.2. The van der Waals surface area contributed by atoms with Crippen LogP contribution >= 0.6 is 11.6 Å². The third-order valence-electron chi connectivity index (χ3n) is 7.65. The quantitative estimate of drug-likeness (QED) is 0.331. The molecule has 2 aliphatic rings. The fraction of sp³-hybridized carbons (Fsp3) is 0.286. The molecule has 3 aromatic heterocycles. The Balaban J connectivity index is 1.36. The van der Waals surface area contributed by atoms with Crippen molar-refractivity contribution >= 4 is 35.1 Å². The number of benzene rings is 1. The maximum absolute atomic E-state index is 14.2. The van der Waals surface area contributed by atoms with Crippen molar-refractivity contribution < 1.29 is 23.5 Å². The second-order valence-corrected chi connectivity index (χ2v) is 10.4. The van der Waals surface area contributed by atoms with Crippen molar-refractivity contribution in [3.63, 3.8) is 0 Å². The number of hydrogen-bond acceptors (Lipinski definition) is 7. The number of halogens is 2. The summed E-state index contributed by atoms with van der Waals surface area (Å²) in [5, 5.41) is 7.81. The topological polar surface area (TPSA) is 104 Å². The number of anilines is 2. The number of fused-ring (bicyclic) bond motifs is 1. The third kappa shape index (κ3) is 4.31. The number of carbonyl (C=O) groups is 2. The van der Waals surface area contributed by atoms with Crippen LogP contribution in [0.2, 0.25) is 5.02 Å². The van der Waals surface area contributed by atoms with Crippen molar-refractivity contribution in [2.75, 3.05) is 19.5 Å². The van der Waals surface area contributed by atoms with E-state index >= 15 is 0 Å². The minimum atomic E-state index is -0.636. The van der Waals surface area contributed by atoms with Crippen LogP contribution in [-0.2, 0) is 29.6 Å². The molecule has 40 heavy (non-hydrogen) atoms. The average molecular weight is 565 g/mol. The van der Waals surface area contributed by atoms with Crippen LogP contribution in [0, 0.1) is 5.82 Å². The molecule has 0 bridgehead atoms. The molecule has 12 heteroatoms. The molecule has 1 spiro atoms. The first kappa shape index (κ1) is 26.0. The molecule has 4 aromatic rings. The fourth-order valence-corrected chi connectivity index (χ4v) is 5.67. The molecule has 4 heterocycles. The van der Waals surface area contributed by atoms with Crippen molar-refractivity contribution in [2.24, 2.45) is 7.05 Å².